The molecule has 0 saturated heterocycles. The summed E-state index contributed by atoms with van der Waals surface area (Å²) in [6.45, 7) is 6.42. The van der Waals surface area contributed by atoms with Crippen molar-refractivity contribution in [1.82, 2.24) is 0 Å². The summed E-state index contributed by atoms with van der Waals surface area (Å²) < 4.78 is 0. The molecule has 2 aromatic carbocycles. The highest BCUT2D eigenvalue weighted by atomic mass is 16.1. The SMILES string of the molecule is C=C1C=C(c2c(CCCCCCCCC)c2=O)N(C)c2ccccc21. The Bertz CT molecular complexity index is 789. The van der Waals surface area contributed by atoms with Gasteiger partial charge in [0, 0.05) is 23.9 Å². The molecule has 0 N–H and O–H groups in total. The van der Waals surface area contributed by atoms with Gasteiger partial charge in [-0.3, -0.25) is 4.79 Å². The molecule has 1 heterocycles. The van der Waals surface area contributed by atoms with Crippen LogP contribution in [-0.2, 0) is 6.42 Å². The summed E-state index contributed by atoms with van der Waals surface area (Å²) in [5, 5.41) is 0. The van der Waals surface area contributed by atoms with Gasteiger partial charge in [0.2, 0.25) is 0 Å². The van der Waals surface area contributed by atoms with E-state index in [2.05, 4.69) is 36.6 Å². The quantitative estimate of drug-likeness (QED) is 0.546. The van der Waals surface area contributed by atoms with E-state index in [1.54, 1.807) is 0 Å². The predicted octanol–water partition coefficient (Wildman–Crippen LogP) is 5.72. The second kappa shape index (κ2) is 7.86. The van der Waals surface area contributed by atoms with Gasteiger partial charge in [-0.1, -0.05) is 70.2 Å². The Kier molecular flexibility index (Phi) is 5.57. The Morgan fingerprint density at radius 1 is 1.00 bits per heavy atom. The van der Waals surface area contributed by atoms with Gasteiger partial charge in [-0.05, 0) is 30.6 Å². The van der Waals surface area contributed by atoms with E-state index in [9.17, 15) is 4.79 Å². The van der Waals surface area contributed by atoms with E-state index < -0.39 is 0 Å². The van der Waals surface area contributed by atoms with Crippen LogP contribution < -0.4 is 10.3 Å². The van der Waals surface area contributed by atoms with Crippen LogP contribution in [0, 0.1) is 0 Å². The maximum Gasteiger partial charge on any atom is 0.192 e. The number of fused-ring (bicyclic) bond motifs is 1. The third-order valence-corrected chi connectivity index (χ3v) is 5.31. The van der Waals surface area contributed by atoms with Crippen molar-refractivity contribution in [2.45, 2.75) is 58.3 Å². The average Bonchev–Trinajstić information content (AvgIpc) is 3.26. The Morgan fingerprint density at radius 3 is 2.44 bits per heavy atom. The Hall–Kier alpha value is -2.09. The van der Waals surface area contributed by atoms with Crippen LogP contribution in [-0.4, -0.2) is 7.05 Å². The molecular formula is C23H29NO. The molecule has 1 aliphatic heterocycles. The van der Waals surface area contributed by atoms with Crippen molar-refractivity contribution in [1.29, 1.82) is 0 Å². The molecule has 2 aromatic rings. The van der Waals surface area contributed by atoms with Gasteiger partial charge in [-0.15, -0.1) is 0 Å². The molecule has 0 atom stereocenters. The minimum atomic E-state index is 0.260. The first-order valence-corrected chi connectivity index (χ1v) is 9.67. The predicted molar refractivity (Wildman–Crippen MR) is 109 cm³/mol. The molecule has 1 aliphatic rings. The first-order valence-electron chi connectivity index (χ1n) is 9.67. The fraction of sp³-hybridized carbons (Fsp3) is 0.435. The molecule has 0 unspecified atom stereocenters. The monoisotopic (exact) mass is 335 g/mol. The van der Waals surface area contributed by atoms with Crippen molar-refractivity contribution in [3.63, 3.8) is 0 Å². The second-order valence-corrected chi connectivity index (χ2v) is 7.18. The van der Waals surface area contributed by atoms with Crippen LogP contribution >= 0.6 is 0 Å². The number of rotatable bonds is 9. The van der Waals surface area contributed by atoms with Crippen molar-refractivity contribution in [3.8, 4) is 0 Å². The van der Waals surface area contributed by atoms with E-state index in [1.807, 2.05) is 19.2 Å². The first kappa shape index (κ1) is 17.7. The lowest BCUT2D eigenvalue weighted by molar-refractivity contribution is 0.590. The number of allylic oxidation sites excluding steroid dienone is 2. The van der Waals surface area contributed by atoms with Crippen LogP contribution in [0.15, 0.2) is 41.7 Å². The molecule has 0 aliphatic carbocycles. The molecule has 0 fully saturated rings. The maximum atomic E-state index is 12.3. The van der Waals surface area contributed by atoms with E-state index in [4.69, 9.17) is 0 Å². The van der Waals surface area contributed by atoms with Gasteiger partial charge in [0.1, 0.15) is 0 Å². The van der Waals surface area contributed by atoms with Gasteiger partial charge < -0.3 is 4.90 Å². The zero-order valence-corrected chi connectivity index (χ0v) is 15.6. The lowest BCUT2D eigenvalue weighted by atomic mass is 9.98. The molecule has 0 spiro atoms. The summed E-state index contributed by atoms with van der Waals surface area (Å²) in [5.74, 6) is 0. The summed E-state index contributed by atoms with van der Waals surface area (Å²) in [6, 6.07) is 8.25. The molecule has 2 nitrogen and oxygen atoms in total. The third-order valence-electron chi connectivity index (χ3n) is 5.31. The lowest BCUT2D eigenvalue weighted by Crippen LogP contribution is -2.19. The van der Waals surface area contributed by atoms with Crippen LogP contribution in [0.2, 0.25) is 0 Å². The van der Waals surface area contributed by atoms with Crippen LogP contribution in [0.25, 0.3) is 11.3 Å². The fourth-order valence-electron chi connectivity index (χ4n) is 3.72. The van der Waals surface area contributed by atoms with Crippen molar-refractivity contribution in [2.24, 2.45) is 0 Å². The van der Waals surface area contributed by atoms with Gasteiger partial charge in [0.25, 0.3) is 0 Å². The van der Waals surface area contributed by atoms with Gasteiger partial charge >= 0.3 is 0 Å². The van der Waals surface area contributed by atoms with E-state index in [1.165, 1.54) is 38.5 Å². The first-order chi connectivity index (χ1) is 12.1. The smallest absolute Gasteiger partial charge is 0.192 e. The molecule has 0 saturated carbocycles. The number of benzene rings is 1. The lowest BCUT2D eigenvalue weighted by Gasteiger charge is -2.28. The highest BCUT2D eigenvalue weighted by Gasteiger charge is 2.30. The number of hydrogen-bond acceptors (Lipinski definition) is 2. The molecule has 0 amide bonds. The summed E-state index contributed by atoms with van der Waals surface area (Å²) in [7, 11) is 2.04. The van der Waals surface area contributed by atoms with Gasteiger partial charge in [-0.25, -0.2) is 0 Å². The van der Waals surface area contributed by atoms with Crippen LogP contribution in [0.5, 0.6) is 0 Å². The number of unbranched alkanes of at least 4 members (excludes halogenated alkanes) is 6. The second-order valence-electron chi connectivity index (χ2n) is 7.18. The molecule has 3 rings (SSSR count). The molecule has 0 aromatic heterocycles. The highest BCUT2D eigenvalue weighted by Crippen LogP contribution is 2.39. The Balaban J connectivity index is 1.58. The molecule has 132 valence electrons. The van der Waals surface area contributed by atoms with Crippen molar-refractivity contribution >= 4 is 17.0 Å². The Morgan fingerprint density at radius 2 is 1.68 bits per heavy atom. The molecular weight excluding hydrogens is 306 g/mol. The van der Waals surface area contributed by atoms with Crippen LogP contribution in [0.4, 0.5) is 5.69 Å². The standard InChI is InChI=1S/C23H29NO/c1-4-5-6-7-8-9-10-14-19-22(23(19)25)21-16-17(2)18-13-11-12-15-20(18)24(21)3/h11-13,15-16H,2,4-10,14H2,1,3H3. The summed E-state index contributed by atoms with van der Waals surface area (Å²) in [6.07, 6.45) is 12.0. The molecule has 0 bridgehead atoms. The summed E-state index contributed by atoms with van der Waals surface area (Å²) in [5.41, 5.74) is 6.53. The molecule has 0 radical (unpaired) electrons. The fourth-order valence-corrected chi connectivity index (χ4v) is 3.72. The number of para-hydroxylation sites is 1. The summed E-state index contributed by atoms with van der Waals surface area (Å²) >= 11 is 0. The van der Waals surface area contributed by atoms with Crippen LogP contribution in [0.3, 0.4) is 0 Å². The van der Waals surface area contributed by atoms with Crippen LogP contribution in [0.1, 0.15) is 68.6 Å². The topological polar surface area (TPSA) is 20.3 Å². The zero-order valence-electron chi connectivity index (χ0n) is 15.6. The third kappa shape index (κ3) is 3.78. The van der Waals surface area contributed by atoms with E-state index in [0.717, 1.165) is 46.5 Å². The molecule has 25 heavy (non-hydrogen) atoms. The number of nitrogens with zero attached hydrogens (tertiary/aromatic N) is 1. The van der Waals surface area contributed by atoms with E-state index in [-0.39, 0.29) is 5.43 Å². The van der Waals surface area contributed by atoms with Gasteiger partial charge in [-0.2, -0.15) is 0 Å². The van der Waals surface area contributed by atoms with E-state index >= 15 is 0 Å². The van der Waals surface area contributed by atoms with Crippen molar-refractivity contribution < 1.29 is 0 Å². The van der Waals surface area contributed by atoms with Gasteiger partial charge in [0.15, 0.2) is 5.43 Å². The molecule has 2 heteroatoms. The van der Waals surface area contributed by atoms with Gasteiger partial charge in [0.05, 0.1) is 11.3 Å². The van der Waals surface area contributed by atoms with Crippen molar-refractivity contribution in [2.75, 3.05) is 11.9 Å². The average molecular weight is 335 g/mol. The normalized spacial score (nSPS) is 14.1. The number of hydrogen-bond donors (Lipinski definition) is 0. The highest BCUT2D eigenvalue weighted by molar-refractivity contribution is 5.99. The minimum absolute atomic E-state index is 0.260. The zero-order chi connectivity index (χ0) is 17.8. The minimum Gasteiger partial charge on any atom is -0.343 e. The Labute approximate surface area is 151 Å². The van der Waals surface area contributed by atoms with E-state index in [0.29, 0.717) is 0 Å². The summed E-state index contributed by atoms with van der Waals surface area (Å²) in [4.78, 5) is 14.4. The largest absolute Gasteiger partial charge is 0.343 e. The van der Waals surface area contributed by atoms with Crippen molar-refractivity contribution in [3.05, 3.63) is 63.8 Å². The maximum absolute atomic E-state index is 12.3. The number of anilines is 1.